The van der Waals surface area contributed by atoms with Gasteiger partial charge in [0, 0.05) is 12.6 Å². The van der Waals surface area contributed by atoms with Gasteiger partial charge in [-0.2, -0.15) is 0 Å². The van der Waals surface area contributed by atoms with E-state index < -0.39 is 0 Å². The molecule has 1 aliphatic carbocycles. The topological polar surface area (TPSA) is 36.4 Å². The lowest BCUT2D eigenvalue weighted by atomic mass is 9.96. The number of hydrogen-bond donors (Lipinski definition) is 2. The van der Waals surface area contributed by atoms with Gasteiger partial charge in [0.05, 0.1) is 6.04 Å². The number of nitrogens with zero attached hydrogens (tertiary/aromatic N) is 1. The van der Waals surface area contributed by atoms with E-state index in [0.717, 1.165) is 25.3 Å². The van der Waals surface area contributed by atoms with Crippen molar-refractivity contribution < 1.29 is 0 Å². The normalized spacial score (nSPS) is 26.2. The lowest BCUT2D eigenvalue weighted by Crippen LogP contribution is -2.47. The van der Waals surface area contributed by atoms with Crippen LogP contribution in [0.4, 0.5) is 0 Å². The van der Waals surface area contributed by atoms with Crippen molar-refractivity contribution in [1.29, 1.82) is 0 Å². The Bertz CT molecular complexity index is 504. The maximum atomic E-state index is 4.59. The first kappa shape index (κ1) is 13.2. The zero-order valence-corrected chi connectivity index (χ0v) is 12.1. The molecular weight excluding hydrogens is 246 g/mol. The minimum Gasteiger partial charge on any atom is -0.353 e. The van der Waals surface area contributed by atoms with Crippen LogP contribution in [0.15, 0.2) is 47.0 Å². The van der Waals surface area contributed by atoms with Gasteiger partial charge >= 0.3 is 0 Å². The van der Waals surface area contributed by atoms with Crippen LogP contribution in [-0.2, 0) is 0 Å². The van der Waals surface area contributed by atoms with E-state index in [0.29, 0.717) is 12.1 Å². The highest BCUT2D eigenvalue weighted by molar-refractivity contribution is 5.81. The molecule has 106 valence electrons. The van der Waals surface area contributed by atoms with Crippen molar-refractivity contribution in [2.45, 2.75) is 44.7 Å². The largest absolute Gasteiger partial charge is 0.353 e. The molecule has 1 aliphatic heterocycles. The molecule has 2 atom stereocenters. The Hall–Kier alpha value is -1.77. The summed E-state index contributed by atoms with van der Waals surface area (Å²) in [6.07, 6.45) is 6.94. The van der Waals surface area contributed by atoms with Crippen LogP contribution in [0.1, 0.15) is 44.2 Å². The van der Waals surface area contributed by atoms with E-state index in [1.54, 1.807) is 0 Å². The number of rotatable bonds is 2. The molecule has 20 heavy (non-hydrogen) atoms. The average molecular weight is 269 g/mol. The zero-order valence-electron chi connectivity index (χ0n) is 12.1. The van der Waals surface area contributed by atoms with Gasteiger partial charge < -0.3 is 10.6 Å². The molecule has 1 aromatic carbocycles. The number of aliphatic imine (C=N–C) groups is 1. The van der Waals surface area contributed by atoms with Gasteiger partial charge in [-0.15, -0.1) is 0 Å². The summed E-state index contributed by atoms with van der Waals surface area (Å²) in [4.78, 5) is 4.59. The number of allylic oxidation sites excluding steroid dienone is 1. The van der Waals surface area contributed by atoms with Gasteiger partial charge in [0.25, 0.3) is 0 Å². The van der Waals surface area contributed by atoms with E-state index in [4.69, 9.17) is 0 Å². The van der Waals surface area contributed by atoms with Crippen molar-refractivity contribution >= 4 is 5.96 Å². The Morgan fingerprint density at radius 2 is 2.05 bits per heavy atom. The molecule has 1 unspecified atom stereocenters. The third-order valence-electron chi connectivity index (χ3n) is 4.18. The van der Waals surface area contributed by atoms with Gasteiger partial charge in [-0.3, -0.25) is 4.99 Å². The van der Waals surface area contributed by atoms with Crippen LogP contribution in [0.5, 0.6) is 0 Å². The minimum atomic E-state index is 0.386. The molecule has 0 bridgehead atoms. The lowest BCUT2D eigenvalue weighted by Gasteiger charge is -2.29. The Morgan fingerprint density at radius 3 is 2.80 bits per heavy atom. The highest BCUT2D eigenvalue weighted by atomic mass is 15.2. The minimum absolute atomic E-state index is 0.386. The maximum absolute atomic E-state index is 4.59. The standard InChI is InChI=1S/C17H23N3/c1-13-7-9-15(10-8-13)19-17-18-12-11-16(20-17)14-5-3-2-4-6-14/h2-7,15-16H,8-12H2,1H3,(H2,18,19,20)/t15-,16?/m0/s1. The van der Waals surface area contributed by atoms with E-state index in [1.807, 2.05) is 0 Å². The Balaban J connectivity index is 1.60. The predicted octanol–water partition coefficient (Wildman–Crippen LogP) is 3.17. The van der Waals surface area contributed by atoms with Gasteiger partial charge in [0.1, 0.15) is 0 Å². The smallest absolute Gasteiger partial charge is 0.191 e. The first-order valence-corrected chi connectivity index (χ1v) is 7.59. The molecular formula is C17H23N3. The van der Waals surface area contributed by atoms with Gasteiger partial charge in [-0.1, -0.05) is 42.0 Å². The second-order valence-corrected chi connectivity index (χ2v) is 5.79. The summed E-state index contributed by atoms with van der Waals surface area (Å²) in [7, 11) is 0. The number of hydrogen-bond acceptors (Lipinski definition) is 3. The zero-order chi connectivity index (χ0) is 13.8. The molecule has 0 saturated carbocycles. The molecule has 0 radical (unpaired) electrons. The van der Waals surface area contributed by atoms with Gasteiger partial charge in [-0.05, 0) is 38.2 Å². The van der Waals surface area contributed by atoms with Crippen LogP contribution < -0.4 is 10.6 Å². The Morgan fingerprint density at radius 1 is 1.20 bits per heavy atom. The maximum Gasteiger partial charge on any atom is 0.191 e. The second kappa shape index (κ2) is 6.12. The fourth-order valence-electron chi connectivity index (χ4n) is 2.90. The molecule has 3 rings (SSSR count). The number of guanidine groups is 1. The van der Waals surface area contributed by atoms with Crippen molar-refractivity contribution in [2.75, 3.05) is 6.54 Å². The van der Waals surface area contributed by atoms with E-state index >= 15 is 0 Å². The molecule has 0 saturated heterocycles. The van der Waals surface area contributed by atoms with Crippen molar-refractivity contribution in [2.24, 2.45) is 4.99 Å². The van der Waals surface area contributed by atoms with Gasteiger partial charge in [0.15, 0.2) is 5.96 Å². The quantitative estimate of drug-likeness (QED) is 0.809. The Labute approximate surface area is 121 Å². The van der Waals surface area contributed by atoms with E-state index in [2.05, 4.69) is 59.0 Å². The summed E-state index contributed by atoms with van der Waals surface area (Å²) in [6.45, 7) is 3.12. The third-order valence-corrected chi connectivity index (χ3v) is 4.18. The third kappa shape index (κ3) is 3.21. The molecule has 0 fully saturated rings. The van der Waals surface area contributed by atoms with Gasteiger partial charge in [-0.25, -0.2) is 0 Å². The second-order valence-electron chi connectivity index (χ2n) is 5.79. The fourth-order valence-corrected chi connectivity index (χ4v) is 2.90. The first-order chi connectivity index (χ1) is 9.81. The first-order valence-electron chi connectivity index (χ1n) is 7.59. The molecule has 2 aliphatic rings. The average Bonchev–Trinajstić information content (AvgIpc) is 2.51. The van der Waals surface area contributed by atoms with Crippen LogP contribution in [0.2, 0.25) is 0 Å². The number of nitrogens with one attached hydrogen (secondary N) is 2. The van der Waals surface area contributed by atoms with E-state index in [-0.39, 0.29) is 0 Å². The van der Waals surface area contributed by atoms with Crippen molar-refractivity contribution in [3.8, 4) is 0 Å². The summed E-state index contributed by atoms with van der Waals surface area (Å²) in [5, 5.41) is 7.12. The SMILES string of the molecule is CC1=CC[C@H](NC2=NCCC(c3ccccc3)N2)CC1. The molecule has 1 aromatic rings. The van der Waals surface area contributed by atoms with Crippen molar-refractivity contribution in [3.05, 3.63) is 47.5 Å². The summed E-state index contributed by atoms with van der Waals surface area (Å²) >= 11 is 0. The van der Waals surface area contributed by atoms with Crippen molar-refractivity contribution in [3.63, 3.8) is 0 Å². The van der Waals surface area contributed by atoms with Crippen LogP contribution in [0.25, 0.3) is 0 Å². The van der Waals surface area contributed by atoms with Crippen molar-refractivity contribution in [1.82, 2.24) is 10.6 Å². The molecule has 0 amide bonds. The van der Waals surface area contributed by atoms with Crippen LogP contribution in [0.3, 0.4) is 0 Å². The molecule has 2 N–H and O–H groups in total. The molecule has 0 aromatic heterocycles. The highest BCUT2D eigenvalue weighted by Gasteiger charge is 2.20. The van der Waals surface area contributed by atoms with Crippen LogP contribution >= 0.6 is 0 Å². The molecule has 1 heterocycles. The Kier molecular flexibility index (Phi) is 4.05. The lowest BCUT2D eigenvalue weighted by molar-refractivity contribution is 0.500. The molecule has 3 nitrogen and oxygen atoms in total. The summed E-state index contributed by atoms with van der Waals surface area (Å²) < 4.78 is 0. The monoisotopic (exact) mass is 269 g/mol. The summed E-state index contributed by atoms with van der Waals surface area (Å²) in [5.74, 6) is 0.975. The fraction of sp³-hybridized carbons (Fsp3) is 0.471. The van der Waals surface area contributed by atoms with Crippen LogP contribution in [0, 0.1) is 0 Å². The molecule has 0 spiro atoms. The summed E-state index contributed by atoms with van der Waals surface area (Å²) in [5.41, 5.74) is 2.87. The predicted molar refractivity (Wildman–Crippen MR) is 83.8 cm³/mol. The van der Waals surface area contributed by atoms with E-state index in [9.17, 15) is 0 Å². The van der Waals surface area contributed by atoms with Crippen LogP contribution in [-0.4, -0.2) is 18.5 Å². The summed E-state index contributed by atoms with van der Waals surface area (Å²) in [6, 6.07) is 11.6. The van der Waals surface area contributed by atoms with E-state index in [1.165, 1.54) is 24.0 Å². The number of benzene rings is 1. The molecule has 3 heteroatoms. The highest BCUT2D eigenvalue weighted by Crippen LogP contribution is 2.20. The van der Waals surface area contributed by atoms with Gasteiger partial charge in [0.2, 0.25) is 0 Å².